The predicted octanol–water partition coefficient (Wildman–Crippen LogP) is 5.01. The zero-order chi connectivity index (χ0) is 19.3. The number of likely N-dealkylation sites (tertiary alicyclic amines) is 1. The smallest absolute Gasteiger partial charge is 0.254 e. The number of ketones is 1. The minimum absolute atomic E-state index is 0.0308. The van der Waals surface area contributed by atoms with E-state index in [2.05, 4.69) is 0 Å². The van der Waals surface area contributed by atoms with Gasteiger partial charge in [0.25, 0.3) is 5.91 Å². The topological polar surface area (TPSA) is 37.4 Å². The molecule has 4 heteroatoms. The Bertz CT molecular complexity index is 1100. The fourth-order valence-corrected chi connectivity index (χ4v) is 4.37. The Morgan fingerprint density at radius 3 is 2.39 bits per heavy atom. The first kappa shape index (κ1) is 16.9. The minimum atomic E-state index is -0.281. The van der Waals surface area contributed by atoms with Crippen LogP contribution in [0.1, 0.15) is 50.7 Å². The van der Waals surface area contributed by atoms with Gasteiger partial charge in [0, 0.05) is 23.2 Å². The van der Waals surface area contributed by atoms with Crippen molar-refractivity contribution in [3.63, 3.8) is 0 Å². The second-order valence-electron chi connectivity index (χ2n) is 7.34. The van der Waals surface area contributed by atoms with Crippen molar-refractivity contribution < 1.29 is 14.0 Å². The summed E-state index contributed by atoms with van der Waals surface area (Å²) in [6.07, 6.45) is 1.76. The molecule has 1 aliphatic carbocycles. The SMILES string of the molecule is O=C1c2ccccc2-c2ccc(C(=O)N3CCCC3c3ccc(F)cc3)cc21. The molecule has 1 heterocycles. The maximum Gasteiger partial charge on any atom is 0.254 e. The van der Waals surface area contributed by atoms with Crippen LogP contribution in [0.3, 0.4) is 0 Å². The van der Waals surface area contributed by atoms with Crippen molar-refractivity contribution in [3.05, 3.63) is 94.8 Å². The molecule has 1 fully saturated rings. The van der Waals surface area contributed by atoms with E-state index < -0.39 is 0 Å². The second kappa shape index (κ2) is 6.41. The lowest BCUT2D eigenvalue weighted by molar-refractivity contribution is 0.0735. The zero-order valence-corrected chi connectivity index (χ0v) is 15.2. The van der Waals surface area contributed by atoms with E-state index in [1.165, 1.54) is 12.1 Å². The summed E-state index contributed by atoms with van der Waals surface area (Å²) in [5.74, 6) is -0.397. The normalized spacial score (nSPS) is 17.5. The summed E-state index contributed by atoms with van der Waals surface area (Å²) in [5.41, 5.74) is 4.54. The highest BCUT2D eigenvalue weighted by Crippen LogP contribution is 2.38. The van der Waals surface area contributed by atoms with Gasteiger partial charge in [-0.05, 0) is 53.8 Å². The molecule has 0 saturated carbocycles. The van der Waals surface area contributed by atoms with Crippen LogP contribution >= 0.6 is 0 Å². The van der Waals surface area contributed by atoms with E-state index in [1.54, 1.807) is 24.3 Å². The number of fused-ring (bicyclic) bond motifs is 3. The summed E-state index contributed by atoms with van der Waals surface area (Å²) in [5, 5.41) is 0. The molecule has 0 aromatic heterocycles. The molecule has 1 aliphatic heterocycles. The molecule has 1 atom stereocenters. The Balaban J connectivity index is 1.48. The van der Waals surface area contributed by atoms with Gasteiger partial charge in [-0.15, -0.1) is 0 Å². The molecule has 1 amide bonds. The lowest BCUT2D eigenvalue weighted by Gasteiger charge is -2.25. The van der Waals surface area contributed by atoms with Gasteiger partial charge in [0.15, 0.2) is 5.78 Å². The Labute approximate surface area is 162 Å². The molecule has 28 heavy (non-hydrogen) atoms. The third kappa shape index (κ3) is 2.56. The molecule has 3 nitrogen and oxygen atoms in total. The van der Waals surface area contributed by atoms with Gasteiger partial charge in [-0.3, -0.25) is 9.59 Å². The van der Waals surface area contributed by atoms with Crippen LogP contribution in [-0.2, 0) is 0 Å². The molecular formula is C24H18FNO2. The van der Waals surface area contributed by atoms with Gasteiger partial charge < -0.3 is 4.90 Å². The molecule has 0 spiro atoms. The fourth-order valence-electron chi connectivity index (χ4n) is 4.37. The number of benzene rings is 3. The first-order valence-corrected chi connectivity index (χ1v) is 9.48. The van der Waals surface area contributed by atoms with Crippen molar-refractivity contribution in [3.8, 4) is 11.1 Å². The first-order valence-electron chi connectivity index (χ1n) is 9.48. The third-order valence-electron chi connectivity index (χ3n) is 5.74. The van der Waals surface area contributed by atoms with Crippen LogP contribution in [0.5, 0.6) is 0 Å². The highest BCUT2D eigenvalue weighted by atomic mass is 19.1. The number of rotatable bonds is 2. The number of amides is 1. The molecule has 2 aliphatic rings. The monoisotopic (exact) mass is 371 g/mol. The van der Waals surface area contributed by atoms with Crippen LogP contribution in [0.4, 0.5) is 4.39 Å². The average molecular weight is 371 g/mol. The number of hydrogen-bond acceptors (Lipinski definition) is 2. The maximum absolute atomic E-state index is 13.3. The molecule has 0 bridgehead atoms. The molecule has 0 N–H and O–H groups in total. The van der Waals surface area contributed by atoms with Crippen LogP contribution in [-0.4, -0.2) is 23.1 Å². The van der Waals surface area contributed by atoms with Gasteiger partial charge in [0.05, 0.1) is 6.04 Å². The predicted molar refractivity (Wildman–Crippen MR) is 105 cm³/mol. The van der Waals surface area contributed by atoms with Gasteiger partial charge in [-0.1, -0.05) is 42.5 Å². The molecule has 3 aromatic carbocycles. The van der Waals surface area contributed by atoms with E-state index >= 15 is 0 Å². The van der Waals surface area contributed by atoms with Crippen molar-refractivity contribution in [1.29, 1.82) is 0 Å². The number of carbonyl (C=O) groups is 2. The Morgan fingerprint density at radius 1 is 0.893 bits per heavy atom. The van der Waals surface area contributed by atoms with Crippen molar-refractivity contribution in [2.75, 3.05) is 6.54 Å². The Morgan fingerprint density at radius 2 is 1.61 bits per heavy atom. The minimum Gasteiger partial charge on any atom is -0.332 e. The summed E-state index contributed by atoms with van der Waals surface area (Å²) in [4.78, 5) is 27.8. The molecule has 0 radical (unpaired) electrons. The fraction of sp³-hybridized carbons (Fsp3) is 0.167. The standard InChI is InChI=1S/C24H18FNO2/c25-17-10-7-15(8-11-17)22-6-3-13-26(22)24(28)16-9-12-19-18-4-1-2-5-20(18)23(27)21(19)14-16/h1-2,4-5,7-12,14,22H,3,6,13H2. The van der Waals surface area contributed by atoms with E-state index in [9.17, 15) is 14.0 Å². The molecule has 3 aromatic rings. The van der Waals surface area contributed by atoms with Gasteiger partial charge in [-0.2, -0.15) is 0 Å². The van der Waals surface area contributed by atoms with E-state index in [4.69, 9.17) is 0 Å². The summed E-state index contributed by atoms with van der Waals surface area (Å²) >= 11 is 0. The number of nitrogens with zero attached hydrogens (tertiary/aromatic N) is 1. The summed E-state index contributed by atoms with van der Waals surface area (Å²) in [6.45, 7) is 0.659. The quantitative estimate of drug-likeness (QED) is 0.496. The van der Waals surface area contributed by atoms with Crippen molar-refractivity contribution in [1.82, 2.24) is 4.90 Å². The maximum atomic E-state index is 13.3. The largest absolute Gasteiger partial charge is 0.332 e. The molecule has 1 unspecified atom stereocenters. The van der Waals surface area contributed by atoms with E-state index in [1.807, 2.05) is 35.2 Å². The van der Waals surface area contributed by atoms with Crippen molar-refractivity contribution >= 4 is 11.7 Å². The lowest BCUT2D eigenvalue weighted by atomic mass is 10.0. The van der Waals surface area contributed by atoms with Crippen LogP contribution in [0.2, 0.25) is 0 Å². The summed E-state index contributed by atoms with van der Waals surface area (Å²) in [7, 11) is 0. The summed E-state index contributed by atoms with van der Waals surface area (Å²) in [6, 6.07) is 19.2. The average Bonchev–Trinajstić information content (AvgIpc) is 3.32. The second-order valence-corrected chi connectivity index (χ2v) is 7.34. The van der Waals surface area contributed by atoms with Gasteiger partial charge in [-0.25, -0.2) is 4.39 Å². The van der Waals surface area contributed by atoms with Crippen molar-refractivity contribution in [2.24, 2.45) is 0 Å². The Kier molecular flexibility index (Phi) is 3.86. The number of carbonyl (C=O) groups excluding carboxylic acids is 2. The summed E-state index contributed by atoms with van der Waals surface area (Å²) < 4.78 is 13.3. The van der Waals surface area contributed by atoms with Gasteiger partial charge >= 0.3 is 0 Å². The van der Waals surface area contributed by atoms with Crippen LogP contribution in [0.15, 0.2) is 66.7 Å². The zero-order valence-electron chi connectivity index (χ0n) is 15.2. The Hall–Kier alpha value is -3.27. The van der Waals surface area contributed by atoms with Gasteiger partial charge in [0.2, 0.25) is 0 Å². The van der Waals surface area contributed by atoms with Gasteiger partial charge in [0.1, 0.15) is 5.82 Å². The van der Waals surface area contributed by atoms with E-state index in [-0.39, 0.29) is 23.5 Å². The number of hydrogen-bond donors (Lipinski definition) is 0. The highest BCUT2D eigenvalue weighted by Gasteiger charge is 2.32. The van der Waals surface area contributed by atoms with Crippen LogP contribution in [0.25, 0.3) is 11.1 Å². The van der Waals surface area contributed by atoms with Crippen LogP contribution in [0, 0.1) is 5.82 Å². The third-order valence-corrected chi connectivity index (χ3v) is 5.74. The van der Waals surface area contributed by atoms with E-state index in [0.29, 0.717) is 23.2 Å². The number of halogens is 1. The highest BCUT2D eigenvalue weighted by molar-refractivity contribution is 6.22. The molecule has 1 saturated heterocycles. The lowest BCUT2D eigenvalue weighted by Crippen LogP contribution is -2.30. The first-order chi connectivity index (χ1) is 13.6. The van der Waals surface area contributed by atoms with E-state index in [0.717, 1.165) is 29.5 Å². The molecule has 138 valence electrons. The molecular weight excluding hydrogens is 353 g/mol. The van der Waals surface area contributed by atoms with Crippen LogP contribution < -0.4 is 0 Å². The molecule has 5 rings (SSSR count). The van der Waals surface area contributed by atoms with Crippen molar-refractivity contribution in [2.45, 2.75) is 18.9 Å².